The Labute approximate surface area is 358 Å². The Morgan fingerprint density at radius 1 is 1.03 bits per heavy atom. The standard InChI is InChI=1S/C47H66N6O8/c48-35(15-11-30(28-56)6-5-20-54)7-3-8-36-33(14-13-32-23-31-12-10-29(16-21-55)22-34(31)24-37(32)36)25-39(51-42-9-4-19-50-42)38(26-43(57)58)40-27-41(53-46(49)52-40)44(59)45(60)47(61)17-1-2-18-47/h4,9-10,12,19,21-24,26,28,30,33,35-36,39-41,44-45,50-51,54,59-61H,1-3,5-8,11,13-18,20,25,27,48H2,(H,57,58)(H3,49,52,53)/b38-26-/t30-,33-,35-,36-,39-,40+,41-,44+,45+/m1/s1. The molecule has 0 saturated heterocycles. The molecule has 3 aliphatic rings. The number of aliphatic carboxylic acids is 1. The van der Waals surface area contributed by atoms with E-state index in [2.05, 4.69) is 39.9 Å². The molecular formula is C47H66N6O8. The van der Waals surface area contributed by atoms with Crippen molar-refractivity contribution in [1.82, 2.24) is 10.3 Å². The average molecular weight is 843 g/mol. The fraction of sp³-hybridized carbons (Fsp3) is 0.574. The third kappa shape index (κ3) is 11.9. The van der Waals surface area contributed by atoms with Gasteiger partial charge in [0.25, 0.3) is 0 Å². The molecule has 1 aromatic heterocycles. The van der Waals surface area contributed by atoms with Crippen LogP contribution in [0.4, 0.5) is 5.82 Å². The zero-order valence-electron chi connectivity index (χ0n) is 35.1. The van der Waals surface area contributed by atoms with Crippen LogP contribution in [0.25, 0.3) is 10.8 Å². The number of hydrogen-bond acceptors (Lipinski definition) is 12. The van der Waals surface area contributed by atoms with Gasteiger partial charge in [-0.15, -0.1) is 0 Å². The van der Waals surface area contributed by atoms with Crippen molar-refractivity contribution >= 4 is 41.1 Å². The Balaban J connectivity index is 1.30. The van der Waals surface area contributed by atoms with Crippen LogP contribution in [0.1, 0.15) is 112 Å². The zero-order valence-corrected chi connectivity index (χ0v) is 35.1. The highest BCUT2D eigenvalue weighted by Gasteiger charge is 2.46. The van der Waals surface area contributed by atoms with Crippen LogP contribution in [0.2, 0.25) is 0 Å². The molecule has 3 aromatic rings. The van der Waals surface area contributed by atoms with Crippen molar-refractivity contribution in [2.24, 2.45) is 28.3 Å². The summed E-state index contributed by atoms with van der Waals surface area (Å²) in [5.41, 5.74) is 15.5. The molecule has 0 unspecified atom stereocenters. The smallest absolute Gasteiger partial charge is 0.328 e. The minimum atomic E-state index is -1.43. The summed E-state index contributed by atoms with van der Waals surface area (Å²) in [6, 6.07) is 12.2. The number of aldehydes is 2. The van der Waals surface area contributed by atoms with Crippen molar-refractivity contribution in [3.8, 4) is 0 Å². The number of rotatable bonds is 23. The fourth-order valence-corrected chi connectivity index (χ4v) is 10.2. The molecule has 1 saturated carbocycles. The van der Waals surface area contributed by atoms with Crippen LogP contribution < -0.4 is 22.1 Å². The number of aliphatic hydroxyl groups excluding tert-OH is 3. The maximum Gasteiger partial charge on any atom is 0.328 e. The maximum atomic E-state index is 12.7. The van der Waals surface area contributed by atoms with Crippen LogP contribution in [-0.2, 0) is 27.2 Å². The lowest BCUT2D eigenvalue weighted by Crippen LogP contribution is -2.60. The van der Waals surface area contributed by atoms with E-state index >= 15 is 0 Å². The summed E-state index contributed by atoms with van der Waals surface area (Å²) in [4.78, 5) is 43.7. The van der Waals surface area contributed by atoms with Gasteiger partial charge < -0.3 is 62.2 Å². The van der Waals surface area contributed by atoms with Crippen molar-refractivity contribution < 1.29 is 39.9 Å². The summed E-state index contributed by atoms with van der Waals surface area (Å²) in [7, 11) is 0. The molecule has 0 spiro atoms. The molecule has 61 heavy (non-hydrogen) atoms. The van der Waals surface area contributed by atoms with Crippen LogP contribution in [0.15, 0.2) is 65.3 Å². The number of carboxylic acids is 1. The minimum absolute atomic E-state index is 0.00956. The Kier molecular flexibility index (Phi) is 16.2. The average Bonchev–Trinajstić information content (AvgIpc) is 3.94. The Hall–Kier alpha value is -4.60. The van der Waals surface area contributed by atoms with Gasteiger partial charge in [-0.2, -0.15) is 0 Å². The number of nitrogens with zero attached hydrogens (tertiary/aromatic N) is 1. The van der Waals surface area contributed by atoms with Crippen molar-refractivity contribution in [2.75, 3.05) is 11.9 Å². The van der Waals surface area contributed by atoms with E-state index in [-0.39, 0.29) is 42.8 Å². The van der Waals surface area contributed by atoms with Crippen LogP contribution >= 0.6 is 0 Å². The van der Waals surface area contributed by atoms with Crippen LogP contribution in [0.3, 0.4) is 0 Å². The van der Waals surface area contributed by atoms with Gasteiger partial charge in [0.05, 0.1) is 23.7 Å². The third-order valence-corrected chi connectivity index (χ3v) is 13.6. The number of nitrogens with one attached hydrogen (secondary N) is 3. The van der Waals surface area contributed by atoms with E-state index in [0.29, 0.717) is 62.8 Å². The van der Waals surface area contributed by atoms with Gasteiger partial charge in [0.2, 0.25) is 0 Å². The topological polar surface area (TPSA) is 257 Å². The molecule has 332 valence electrons. The Bertz CT molecular complexity index is 1980. The lowest BCUT2D eigenvalue weighted by molar-refractivity contribution is -0.131. The molecule has 0 bridgehead atoms. The highest BCUT2D eigenvalue weighted by Crippen LogP contribution is 2.45. The number of H-pyrrole nitrogens is 1. The predicted octanol–water partition coefficient (Wildman–Crippen LogP) is 4.37. The lowest BCUT2D eigenvalue weighted by Gasteiger charge is -2.41. The molecule has 2 aromatic carbocycles. The van der Waals surface area contributed by atoms with E-state index < -0.39 is 41.9 Å². The van der Waals surface area contributed by atoms with E-state index in [0.717, 1.165) is 73.9 Å². The van der Waals surface area contributed by atoms with Crippen LogP contribution in [0, 0.1) is 11.8 Å². The first-order valence-corrected chi connectivity index (χ1v) is 22.2. The number of fused-ring (bicyclic) bond motifs is 2. The van der Waals surface area contributed by atoms with Crippen molar-refractivity contribution in [1.29, 1.82) is 0 Å². The third-order valence-electron chi connectivity index (χ3n) is 13.6. The second-order valence-corrected chi connectivity index (χ2v) is 17.8. The number of anilines is 1. The molecule has 1 aliphatic heterocycles. The second kappa shape index (κ2) is 21.5. The number of aromatic nitrogens is 1. The summed E-state index contributed by atoms with van der Waals surface area (Å²) >= 11 is 0. The molecule has 9 atom stereocenters. The van der Waals surface area contributed by atoms with Crippen molar-refractivity contribution in [3.63, 3.8) is 0 Å². The molecule has 14 nitrogen and oxygen atoms in total. The summed E-state index contributed by atoms with van der Waals surface area (Å²) in [6.07, 6.45) is 12.0. The maximum absolute atomic E-state index is 12.7. The van der Waals surface area contributed by atoms with Gasteiger partial charge in [-0.25, -0.2) is 9.79 Å². The molecular weight excluding hydrogens is 777 g/mol. The van der Waals surface area contributed by atoms with Crippen LogP contribution in [0.5, 0.6) is 0 Å². The number of carbonyl (C=O) groups is 3. The number of aryl methyl sites for hydroxylation is 1. The van der Waals surface area contributed by atoms with E-state index in [4.69, 9.17) is 16.5 Å². The number of nitrogens with two attached hydrogens (primary N) is 2. The molecule has 14 heteroatoms. The molecule has 2 heterocycles. The largest absolute Gasteiger partial charge is 0.478 e. The minimum Gasteiger partial charge on any atom is -0.478 e. The number of aliphatic imine (C=N–C) groups is 1. The quantitative estimate of drug-likeness (QED) is 0.0472. The normalized spacial score (nSPS) is 23.8. The van der Waals surface area contributed by atoms with E-state index in [1.165, 1.54) is 17.2 Å². The number of carboxylic acid groups (broad SMARTS) is 1. The highest BCUT2D eigenvalue weighted by molar-refractivity contribution is 5.86. The van der Waals surface area contributed by atoms with E-state index in [1.807, 2.05) is 18.2 Å². The first-order chi connectivity index (χ1) is 29.4. The summed E-state index contributed by atoms with van der Waals surface area (Å²) < 4.78 is 0. The number of guanidine groups is 1. The molecule has 0 amide bonds. The van der Waals surface area contributed by atoms with Gasteiger partial charge in [-0.3, -0.25) is 0 Å². The number of hydrogen-bond donors (Lipinski definition) is 10. The second-order valence-electron chi connectivity index (χ2n) is 17.8. The Morgan fingerprint density at radius 3 is 2.54 bits per heavy atom. The zero-order chi connectivity index (χ0) is 43.5. The number of benzene rings is 2. The molecule has 1 fully saturated rings. The summed E-state index contributed by atoms with van der Waals surface area (Å²) in [5, 5.41) is 62.2. The van der Waals surface area contributed by atoms with Gasteiger partial charge in [0.15, 0.2) is 5.96 Å². The van der Waals surface area contributed by atoms with Gasteiger partial charge in [0, 0.05) is 37.3 Å². The molecule has 6 rings (SSSR count). The van der Waals surface area contributed by atoms with Gasteiger partial charge in [-0.1, -0.05) is 49.6 Å². The fourth-order valence-electron chi connectivity index (χ4n) is 10.2. The van der Waals surface area contributed by atoms with Gasteiger partial charge in [-0.05, 0) is 134 Å². The highest BCUT2D eigenvalue weighted by atomic mass is 16.4. The number of carbonyl (C=O) groups excluding carboxylic acids is 2. The SMILES string of the molecule is NC1=N[C@H](/C(=C\C(=O)O)[C@@H](C[C@H]2CCc3cc4ccc(CC=O)cc4cc3[C@@H]2CCC[C@@H](N)CC[C@H](C=O)CCCO)Nc2ccc[nH]2)C[C@H]([C@H](O)[C@H](O)C2(O)CCCC2)N1. The Morgan fingerprint density at radius 2 is 1.84 bits per heavy atom. The number of aromatic amines is 1. The predicted molar refractivity (Wildman–Crippen MR) is 236 cm³/mol. The first-order valence-electron chi connectivity index (χ1n) is 22.2. The molecule has 2 aliphatic carbocycles. The summed E-state index contributed by atoms with van der Waals surface area (Å²) in [6.45, 7) is 0.0567. The van der Waals surface area contributed by atoms with Gasteiger partial charge in [0.1, 0.15) is 30.6 Å². The van der Waals surface area contributed by atoms with E-state index in [9.17, 15) is 39.9 Å². The van der Waals surface area contributed by atoms with E-state index in [1.54, 1.807) is 6.20 Å². The van der Waals surface area contributed by atoms with Gasteiger partial charge >= 0.3 is 5.97 Å². The molecule has 0 radical (unpaired) electrons. The van der Waals surface area contributed by atoms with Crippen molar-refractivity contribution in [3.05, 3.63) is 77.0 Å². The summed E-state index contributed by atoms with van der Waals surface area (Å²) in [5.74, 6) is -0.393. The lowest BCUT2D eigenvalue weighted by atomic mass is 9.69. The number of aliphatic hydroxyl groups is 4. The molecule has 12 N–H and O–H groups in total. The first kappa shape index (κ1) is 45.9. The monoisotopic (exact) mass is 842 g/mol. The van der Waals surface area contributed by atoms with Crippen LogP contribution in [-0.4, -0.2) is 104 Å². The van der Waals surface area contributed by atoms with Crippen molar-refractivity contribution in [2.45, 2.75) is 151 Å².